The van der Waals surface area contributed by atoms with Gasteiger partial charge in [0.05, 0.1) is 17.4 Å². The topological polar surface area (TPSA) is 72.0 Å². The summed E-state index contributed by atoms with van der Waals surface area (Å²) < 4.78 is 0. The fourth-order valence-electron chi connectivity index (χ4n) is 0.777. The van der Waals surface area contributed by atoms with Crippen LogP contribution in [0.4, 0.5) is 0 Å². The van der Waals surface area contributed by atoms with Crippen molar-refractivity contribution in [3.8, 4) is 0 Å². The van der Waals surface area contributed by atoms with Crippen molar-refractivity contribution in [3.05, 3.63) is 23.8 Å². The number of amides is 1. The second kappa shape index (κ2) is 5.43. The van der Waals surface area contributed by atoms with Crippen LogP contribution in [0.25, 0.3) is 0 Å². The average molecular weight is 258 g/mol. The van der Waals surface area contributed by atoms with Crippen LogP contribution in [-0.2, 0) is 10.1 Å². The highest BCUT2D eigenvalue weighted by Gasteiger charge is 2.05. The Kier molecular flexibility index (Phi) is 4.18. The molecule has 0 aliphatic rings. The van der Waals surface area contributed by atoms with Crippen molar-refractivity contribution in [3.63, 3.8) is 0 Å². The fourth-order valence-corrected chi connectivity index (χ4v) is 1.07. The highest BCUT2D eigenvalue weighted by atomic mass is 79.9. The Morgan fingerprint density at radius 1 is 1.50 bits per heavy atom. The molecule has 0 fully saturated rings. The van der Waals surface area contributed by atoms with Crippen molar-refractivity contribution in [2.24, 2.45) is 0 Å². The molecule has 0 saturated heterocycles. The second-order valence-electron chi connectivity index (χ2n) is 2.40. The zero-order valence-electron chi connectivity index (χ0n) is 7.24. The molecule has 0 atom stereocenters. The molecular formula is C8H8BrN3O2. The molecule has 74 valence electrons. The molecule has 1 aromatic rings. The van der Waals surface area contributed by atoms with E-state index >= 15 is 0 Å². The zero-order chi connectivity index (χ0) is 10.4. The van der Waals surface area contributed by atoms with E-state index in [0.717, 1.165) is 0 Å². The maximum Gasteiger partial charge on any atom is 0.254 e. The molecule has 0 unspecified atom stereocenters. The van der Waals surface area contributed by atoms with Crippen LogP contribution in [0, 0.1) is 0 Å². The third-order valence-electron chi connectivity index (χ3n) is 1.43. The molecule has 0 aromatic carbocycles. The molecule has 0 spiro atoms. The van der Waals surface area contributed by atoms with Crippen LogP contribution >= 0.6 is 15.9 Å². The molecule has 1 aromatic heterocycles. The first-order valence-corrected chi connectivity index (χ1v) is 4.98. The van der Waals surface area contributed by atoms with Gasteiger partial charge in [0.2, 0.25) is 0 Å². The van der Waals surface area contributed by atoms with E-state index in [-0.39, 0.29) is 12.5 Å². The van der Waals surface area contributed by atoms with Crippen molar-refractivity contribution >= 4 is 28.1 Å². The first-order valence-electron chi connectivity index (χ1n) is 3.86. The smallest absolute Gasteiger partial charge is 0.254 e. The Bertz CT molecular complexity index is 326. The Labute approximate surface area is 89.1 Å². The zero-order valence-corrected chi connectivity index (χ0v) is 8.82. The van der Waals surface area contributed by atoms with Gasteiger partial charge in [-0.15, -0.1) is 0 Å². The van der Waals surface area contributed by atoms with Crippen molar-refractivity contribution in [2.75, 3.05) is 6.54 Å². The van der Waals surface area contributed by atoms with Crippen LogP contribution in [0.5, 0.6) is 0 Å². The highest BCUT2D eigenvalue weighted by molar-refractivity contribution is 9.08. The largest absolute Gasteiger partial charge is 0.345 e. The SMILES string of the molecule is O=CCNC(=O)c1cnc(CBr)nc1. The first kappa shape index (κ1) is 10.8. The third kappa shape index (κ3) is 2.88. The van der Waals surface area contributed by atoms with Gasteiger partial charge < -0.3 is 10.1 Å². The number of hydrogen-bond acceptors (Lipinski definition) is 4. The van der Waals surface area contributed by atoms with Gasteiger partial charge in [0.25, 0.3) is 5.91 Å². The predicted molar refractivity (Wildman–Crippen MR) is 53.1 cm³/mol. The number of aromatic nitrogens is 2. The van der Waals surface area contributed by atoms with E-state index in [1.165, 1.54) is 12.4 Å². The molecule has 1 heterocycles. The normalized spacial score (nSPS) is 9.50. The van der Waals surface area contributed by atoms with Crippen LogP contribution in [-0.4, -0.2) is 28.7 Å². The molecule has 1 rings (SSSR count). The molecule has 0 saturated carbocycles. The molecule has 6 heteroatoms. The summed E-state index contributed by atoms with van der Waals surface area (Å²) in [7, 11) is 0. The van der Waals surface area contributed by atoms with Crippen molar-refractivity contribution in [1.82, 2.24) is 15.3 Å². The van der Waals surface area contributed by atoms with E-state index in [0.29, 0.717) is 23.0 Å². The molecular weight excluding hydrogens is 250 g/mol. The van der Waals surface area contributed by atoms with Gasteiger partial charge in [-0.05, 0) is 0 Å². The molecule has 1 N–H and O–H groups in total. The minimum atomic E-state index is -0.349. The van der Waals surface area contributed by atoms with Crippen LogP contribution in [0.1, 0.15) is 16.2 Å². The van der Waals surface area contributed by atoms with Gasteiger partial charge in [-0.1, -0.05) is 15.9 Å². The maximum atomic E-state index is 11.2. The highest BCUT2D eigenvalue weighted by Crippen LogP contribution is 1.99. The standard InChI is InChI=1S/C8H8BrN3O2/c9-3-7-11-4-6(5-12-7)8(14)10-1-2-13/h2,4-5H,1,3H2,(H,10,14). The predicted octanol–water partition coefficient (Wildman–Crippen LogP) is 0.300. The number of alkyl halides is 1. The summed E-state index contributed by atoms with van der Waals surface area (Å²) in [5.74, 6) is 0.259. The third-order valence-corrected chi connectivity index (χ3v) is 1.93. The van der Waals surface area contributed by atoms with E-state index in [9.17, 15) is 9.59 Å². The number of halogens is 1. The summed E-state index contributed by atoms with van der Waals surface area (Å²) in [6.07, 6.45) is 3.46. The number of hydrogen-bond donors (Lipinski definition) is 1. The van der Waals surface area contributed by atoms with Crippen LogP contribution < -0.4 is 5.32 Å². The van der Waals surface area contributed by atoms with Gasteiger partial charge in [0, 0.05) is 12.4 Å². The first-order chi connectivity index (χ1) is 6.77. The molecule has 5 nitrogen and oxygen atoms in total. The van der Waals surface area contributed by atoms with Crippen molar-refractivity contribution < 1.29 is 9.59 Å². The Hall–Kier alpha value is -1.30. The monoisotopic (exact) mass is 257 g/mol. The summed E-state index contributed by atoms with van der Waals surface area (Å²) in [6, 6.07) is 0. The molecule has 14 heavy (non-hydrogen) atoms. The van der Waals surface area contributed by atoms with Gasteiger partial charge >= 0.3 is 0 Å². The second-order valence-corrected chi connectivity index (χ2v) is 2.96. The van der Waals surface area contributed by atoms with E-state index in [1.54, 1.807) is 0 Å². The summed E-state index contributed by atoms with van der Waals surface area (Å²) in [4.78, 5) is 29.1. The Morgan fingerprint density at radius 2 is 2.14 bits per heavy atom. The fraction of sp³-hybridized carbons (Fsp3) is 0.250. The number of nitrogens with one attached hydrogen (secondary N) is 1. The lowest BCUT2D eigenvalue weighted by Gasteiger charge is -2.00. The van der Waals surface area contributed by atoms with Crippen LogP contribution in [0.3, 0.4) is 0 Å². The van der Waals surface area contributed by atoms with Crippen molar-refractivity contribution in [1.29, 1.82) is 0 Å². The molecule has 0 aliphatic carbocycles. The van der Waals surface area contributed by atoms with Crippen LogP contribution in [0.15, 0.2) is 12.4 Å². The van der Waals surface area contributed by atoms with Gasteiger partial charge in [0.1, 0.15) is 12.1 Å². The van der Waals surface area contributed by atoms with E-state index in [4.69, 9.17) is 0 Å². The van der Waals surface area contributed by atoms with Crippen LogP contribution in [0.2, 0.25) is 0 Å². The van der Waals surface area contributed by atoms with E-state index in [2.05, 4.69) is 31.2 Å². The maximum absolute atomic E-state index is 11.2. The van der Waals surface area contributed by atoms with E-state index < -0.39 is 0 Å². The number of nitrogens with zero attached hydrogens (tertiary/aromatic N) is 2. The average Bonchev–Trinajstić information content (AvgIpc) is 2.26. The molecule has 0 radical (unpaired) electrons. The minimum absolute atomic E-state index is 0.000963. The van der Waals surface area contributed by atoms with Gasteiger partial charge in [0.15, 0.2) is 0 Å². The Balaban J connectivity index is 2.66. The Morgan fingerprint density at radius 3 is 2.64 bits per heavy atom. The summed E-state index contributed by atoms with van der Waals surface area (Å²) in [5.41, 5.74) is 0.344. The summed E-state index contributed by atoms with van der Waals surface area (Å²) in [6.45, 7) is -0.000963. The minimum Gasteiger partial charge on any atom is -0.345 e. The summed E-state index contributed by atoms with van der Waals surface area (Å²) in [5, 5.41) is 2.93. The number of rotatable bonds is 4. The van der Waals surface area contributed by atoms with Gasteiger partial charge in [-0.25, -0.2) is 9.97 Å². The molecule has 0 bridgehead atoms. The molecule has 1 amide bonds. The lowest BCUT2D eigenvalue weighted by Crippen LogP contribution is -2.25. The van der Waals surface area contributed by atoms with Gasteiger partial charge in [-0.3, -0.25) is 4.79 Å². The van der Waals surface area contributed by atoms with Gasteiger partial charge in [-0.2, -0.15) is 0 Å². The van der Waals surface area contributed by atoms with E-state index in [1.807, 2.05) is 0 Å². The lowest BCUT2D eigenvalue weighted by atomic mass is 10.3. The number of aldehydes is 1. The quantitative estimate of drug-likeness (QED) is 0.622. The number of carbonyl (C=O) groups is 2. The molecule has 0 aliphatic heterocycles. The summed E-state index contributed by atoms with van der Waals surface area (Å²) >= 11 is 3.19. The van der Waals surface area contributed by atoms with Crippen molar-refractivity contribution in [2.45, 2.75) is 5.33 Å². The number of carbonyl (C=O) groups excluding carboxylic acids is 2. The lowest BCUT2D eigenvalue weighted by molar-refractivity contribution is -0.107.